The van der Waals surface area contributed by atoms with E-state index in [1.165, 1.54) is 17.7 Å². The van der Waals surface area contributed by atoms with E-state index < -0.39 is 0 Å². The number of nitrogens with zero attached hydrogens (tertiary/aromatic N) is 4. The zero-order valence-electron chi connectivity index (χ0n) is 12.7. The Balaban J connectivity index is 1.64. The summed E-state index contributed by atoms with van der Waals surface area (Å²) in [5.41, 5.74) is 2.57. The van der Waals surface area contributed by atoms with Crippen LogP contribution in [0.5, 0.6) is 0 Å². The molecule has 4 rings (SSSR count). The molecule has 2 aromatic carbocycles. The Hall–Kier alpha value is -3.28. The van der Waals surface area contributed by atoms with Crippen LogP contribution in [0.4, 0.5) is 10.2 Å². The maximum atomic E-state index is 13.1. The lowest BCUT2D eigenvalue weighted by atomic mass is 10.2. The summed E-state index contributed by atoms with van der Waals surface area (Å²) in [7, 11) is 0. The summed E-state index contributed by atoms with van der Waals surface area (Å²) in [6.07, 6.45) is 0. The van der Waals surface area contributed by atoms with Gasteiger partial charge in [0, 0.05) is 12.1 Å². The van der Waals surface area contributed by atoms with Gasteiger partial charge in [0.2, 0.25) is 0 Å². The van der Waals surface area contributed by atoms with Crippen LogP contribution >= 0.6 is 0 Å². The predicted molar refractivity (Wildman–Crippen MR) is 89.9 cm³/mol. The molecular weight excluding hydrogens is 305 g/mol. The first kappa shape index (κ1) is 14.3. The van der Waals surface area contributed by atoms with Crippen molar-refractivity contribution >= 4 is 11.5 Å². The quantitative estimate of drug-likeness (QED) is 0.625. The van der Waals surface area contributed by atoms with Crippen LogP contribution in [0.2, 0.25) is 0 Å². The second-order valence-electron chi connectivity index (χ2n) is 5.36. The molecule has 24 heavy (non-hydrogen) atoms. The highest BCUT2D eigenvalue weighted by Gasteiger charge is 2.10. The molecule has 118 valence electrons. The van der Waals surface area contributed by atoms with E-state index in [0.29, 0.717) is 18.0 Å². The Labute approximate surface area is 137 Å². The number of nitrogens with one attached hydrogen (secondary N) is 1. The third-order valence-corrected chi connectivity index (χ3v) is 3.68. The molecule has 0 bridgehead atoms. The minimum Gasteiger partial charge on any atom is -0.365 e. The number of rotatable bonds is 4. The smallest absolute Gasteiger partial charge is 0.185 e. The summed E-state index contributed by atoms with van der Waals surface area (Å²) >= 11 is 0. The van der Waals surface area contributed by atoms with E-state index in [-0.39, 0.29) is 5.82 Å². The zero-order chi connectivity index (χ0) is 16.4. The average Bonchev–Trinajstić information content (AvgIpc) is 3.05. The molecule has 0 atom stereocenters. The fraction of sp³-hybridized carbons (Fsp3) is 0.0556. The fourth-order valence-corrected chi connectivity index (χ4v) is 2.45. The van der Waals surface area contributed by atoms with Crippen molar-refractivity contribution in [3.05, 3.63) is 78.1 Å². The molecule has 6 heteroatoms. The summed E-state index contributed by atoms with van der Waals surface area (Å²) in [5.74, 6) is 1.01. The number of benzene rings is 2. The number of anilines is 1. The van der Waals surface area contributed by atoms with Gasteiger partial charge < -0.3 is 5.32 Å². The Bertz CT molecular complexity index is 964. The van der Waals surface area contributed by atoms with Crippen molar-refractivity contribution in [3.8, 4) is 11.4 Å². The highest BCUT2D eigenvalue weighted by Crippen LogP contribution is 2.19. The van der Waals surface area contributed by atoms with Gasteiger partial charge in [-0.25, -0.2) is 4.39 Å². The number of hydrogen-bond acceptors (Lipinski definition) is 4. The molecule has 0 aliphatic carbocycles. The van der Waals surface area contributed by atoms with Crippen molar-refractivity contribution in [2.45, 2.75) is 6.54 Å². The largest absolute Gasteiger partial charge is 0.365 e. The molecular formula is C18H14FN5. The standard InChI is InChI=1S/C18H14FN5/c19-15-8-6-14(7-9-15)18-22-21-17-11-10-16(23-24(17)18)20-12-13-4-2-1-3-5-13/h1-11H,12H2,(H,20,23). The van der Waals surface area contributed by atoms with Crippen molar-refractivity contribution in [3.63, 3.8) is 0 Å². The van der Waals surface area contributed by atoms with E-state index in [1.807, 2.05) is 42.5 Å². The molecule has 0 aliphatic rings. The van der Waals surface area contributed by atoms with Gasteiger partial charge >= 0.3 is 0 Å². The Morgan fingerprint density at radius 1 is 0.875 bits per heavy atom. The Kier molecular flexibility index (Phi) is 3.63. The van der Waals surface area contributed by atoms with Crippen molar-refractivity contribution in [1.82, 2.24) is 19.8 Å². The monoisotopic (exact) mass is 319 g/mol. The molecule has 0 aliphatic heterocycles. The van der Waals surface area contributed by atoms with E-state index in [2.05, 4.69) is 20.6 Å². The highest BCUT2D eigenvalue weighted by atomic mass is 19.1. The summed E-state index contributed by atoms with van der Waals surface area (Å²) in [4.78, 5) is 0. The van der Waals surface area contributed by atoms with E-state index in [0.717, 1.165) is 11.4 Å². The molecule has 5 nitrogen and oxygen atoms in total. The lowest BCUT2D eigenvalue weighted by Crippen LogP contribution is -2.04. The molecule has 2 aromatic heterocycles. The molecule has 0 saturated carbocycles. The van der Waals surface area contributed by atoms with Gasteiger partial charge in [-0.05, 0) is 42.0 Å². The molecule has 4 aromatic rings. The number of hydrogen-bond donors (Lipinski definition) is 1. The Morgan fingerprint density at radius 3 is 2.46 bits per heavy atom. The highest BCUT2D eigenvalue weighted by molar-refractivity contribution is 5.59. The van der Waals surface area contributed by atoms with E-state index in [1.54, 1.807) is 16.6 Å². The summed E-state index contributed by atoms with van der Waals surface area (Å²) in [6.45, 7) is 0.674. The predicted octanol–water partition coefficient (Wildman–Crippen LogP) is 3.54. The van der Waals surface area contributed by atoms with Gasteiger partial charge in [0.15, 0.2) is 11.5 Å². The summed E-state index contributed by atoms with van der Waals surface area (Å²) in [6, 6.07) is 19.9. The molecule has 0 spiro atoms. The van der Waals surface area contributed by atoms with Gasteiger partial charge in [-0.1, -0.05) is 30.3 Å². The lowest BCUT2D eigenvalue weighted by molar-refractivity contribution is 0.628. The molecule has 0 saturated heterocycles. The van der Waals surface area contributed by atoms with Gasteiger partial charge in [-0.2, -0.15) is 4.52 Å². The molecule has 1 N–H and O–H groups in total. The van der Waals surface area contributed by atoms with Crippen LogP contribution in [-0.4, -0.2) is 19.8 Å². The van der Waals surface area contributed by atoms with Crippen molar-refractivity contribution < 1.29 is 4.39 Å². The van der Waals surface area contributed by atoms with Crippen LogP contribution in [0.3, 0.4) is 0 Å². The number of halogens is 1. The van der Waals surface area contributed by atoms with Crippen molar-refractivity contribution in [1.29, 1.82) is 0 Å². The van der Waals surface area contributed by atoms with Crippen LogP contribution in [0.25, 0.3) is 17.0 Å². The fourth-order valence-electron chi connectivity index (χ4n) is 2.45. The van der Waals surface area contributed by atoms with Crippen LogP contribution in [0, 0.1) is 5.82 Å². The first-order valence-corrected chi connectivity index (χ1v) is 7.56. The second-order valence-corrected chi connectivity index (χ2v) is 5.36. The van der Waals surface area contributed by atoms with E-state index in [9.17, 15) is 4.39 Å². The van der Waals surface area contributed by atoms with Gasteiger partial charge in [0.05, 0.1) is 0 Å². The SMILES string of the molecule is Fc1ccc(-c2nnc3ccc(NCc4ccccc4)nn23)cc1. The van der Waals surface area contributed by atoms with Gasteiger partial charge in [0.1, 0.15) is 11.6 Å². The molecule has 2 heterocycles. The Morgan fingerprint density at radius 2 is 1.67 bits per heavy atom. The van der Waals surface area contributed by atoms with Crippen molar-refractivity contribution in [2.24, 2.45) is 0 Å². The minimum absolute atomic E-state index is 0.286. The molecule has 0 unspecified atom stereocenters. The van der Waals surface area contributed by atoms with E-state index >= 15 is 0 Å². The van der Waals surface area contributed by atoms with Gasteiger partial charge in [-0.15, -0.1) is 15.3 Å². The third kappa shape index (κ3) is 2.81. The van der Waals surface area contributed by atoms with Crippen LogP contribution < -0.4 is 5.32 Å². The average molecular weight is 319 g/mol. The van der Waals surface area contributed by atoms with Crippen molar-refractivity contribution in [2.75, 3.05) is 5.32 Å². The maximum absolute atomic E-state index is 13.1. The normalized spacial score (nSPS) is 10.9. The molecule has 0 radical (unpaired) electrons. The third-order valence-electron chi connectivity index (χ3n) is 3.68. The van der Waals surface area contributed by atoms with Gasteiger partial charge in [-0.3, -0.25) is 0 Å². The van der Waals surface area contributed by atoms with Crippen LogP contribution in [0.15, 0.2) is 66.7 Å². The first-order chi connectivity index (χ1) is 11.8. The summed E-state index contributed by atoms with van der Waals surface area (Å²) in [5, 5.41) is 16.1. The second kappa shape index (κ2) is 6.08. The first-order valence-electron chi connectivity index (χ1n) is 7.56. The molecule has 0 amide bonds. The van der Waals surface area contributed by atoms with Crippen LogP contribution in [0.1, 0.15) is 5.56 Å². The molecule has 0 fully saturated rings. The summed E-state index contributed by atoms with van der Waals surface area (Å²) < 4.78 is 14.8. The number of fused-ring (bicyclic) bond motifs is 1. The van der Waals surface area contributed by atoms with Crippen LogP contribution in [-0.2, 0) is 6.54 Å². The number of aromatic nitrogens is 4. The zero-order valence-corrected chi connectivity index (χ0v) is 12.7. The minimum atomic E-state index is -0.286. The van der Waals surface area contributed by atoms with Gasteiger partial charge in [0.25, 0.3) is 0 Å². The van der Waals surface area contributed by atoms with E-state index in [4.69, 9.17) is 0 Å². The maximum Gasteiger partial charge on any atom is 0.185 e. The lowest BCUT2D eigenvalue weighted by Gasteiger charge is -2.06. The topological polar surface area (TPSA) is 55.1 Å².